The Morgan fingerprint density at radius 1 is 0.750 bits per heavy atom. The van der Waals surface area contributed by atoms with Crippen LogP contribution in [0.4, 0.5) is 0 Å². The molecule has 0 heterocycles. The third-order valence-corrected chi connectivity index (χ3v) is 5.54. The van der Waals surface area contributed by atoms with E-state index in [0.717, 1.165) is 0 Å². The molecule has 0 aliphatic rings. The highest BCUT2D eigenvalue weighted by Crippen LogP contribution is 2.41. The van der Waals surface area contributed by atoms with Crippen molar-refractivity contribution in [1.82, 2.24) is 0 Å². The summed E-state index contributed by atoms with van der Waals surface area (Å²) >= 11 is 35.8. The third-order valence-electron chi connectivity index (χ3n) is 2.99. The van der Waals surface area contributed by atoms with Gasteiger partial charge in [0, 0.05) is 0 Å². The van der Waals surface area contributed by atoms with Gasteiger partial charge in [0.15, 0.2) is 0 Å². The van der Waals surface area contributed by atoms with Crippen LogP contribution in [0.3, 0.4) is 0 Å². The average Bonchev–Trinajstić information content (AvgIpc) is 2.56. The van der Waals surface area contributed by atoms with Crippen LogP contribution >= 0.6 is 69.6 Å². The van der Waals surface area contributed by atoms with Gasteiger partial charge in [-0.05, 0) is 24.3 Å². The standard InChI is InChI=1S/C15H10Cl6O3/c1-2-15(22,23-9-5-3-7(16)11(18)13(9)20)24-10-6-4-8(17)12(19)14(10)21/h3-6,22H,2H2,1H3. The molecule has 0 unspecified atom stereocenters. The quantitative estimate of drug-likeness (QED) is 0.389. The zero-order valence-electron chi connectivity index (χ0n) is 12.0. The number of rotatable bonds is 5. The molecule has 0 fully saturated rings. The van der Waals surface area contributed by atoms with Crippen molar-refractivity contribution in [3.8, 4) is 11.5 Å². The van der Waals surface area contributed by atoms with E-state index in [9.17, 15) is 5.11 Å². The molecular weight excluding hydrogens is 441 g/mol. The molecule has 9 heteroatoms. The van der Waals surface area contributed by atoms with Gasteiger partial charge in [-0.2, -0.15) is 0 Å². The fourth-order valence-electron chi connectivity index (χ4n) is 1.68. The largest absolute Gasteiger partial charge is 0.428 e. The van der Waals surface area contributed by atoms with E-state index in [-0.39, 0.29) is 48.1 Å². The highest BCUT2D eigenvalue weighted by molar-refractivity contribution is 6.49. The Morgan fingerprint density at radius 3 is 1.46 bits per heavy atom. The third kappa shape index (κ3) is 4.28. The normalized spacial score (nSPS) is 11.5. The first-order chi connectivity index (χ1) is 11.2. The van der Waals surface area contributed by atoms with Gasteiger partial charge in [0.25, 0.3) is 0 Å². The van der Waals surface area contributed by atoms with E-state index in [1.807, 2.05) is 0 Å². The van der Waals surface area contributed by atoms with E-state index < -0.39 is 5.97 Å². The van der Waals surface area contributed by atoms with Crippen LogP contribution in [-0.2, 0) is 0 Å². The van der Waals surface area contributed by atoms with Crippen molar-refractivity contribution in [3.63, 3.8) is 0 Å². The minimum absolute atomic E-state index is 0.0416. The minimum atomic E-state index is -2.07. The number of benzene rings is 2. The average molecular weight is 451 g/mol. The molecule has 0 atom stereocenters. The number of hydrogen-bond donors (Lipinski definition) is 1. The summed E-state index contributed by atoms with van der Waals surface area (Å²) in [7, 11) is 0. The summed E-state index contributed by atoms with van der Waals surface area (Å²) in [5.74, 6) is -1.89. The van der Waals surface area contributed by atoms with Crippen LogP contribution in [0.15, 0.2) is 24.3 Å². The number of ether oxygens (including phenoxy) is 2. The fourth-order valence-corrected chi connectivity index (χ4v) is 2.81. The van der Waals surface area contributed by atoms with Crippen molar-refractivity contribution in [1.29, 1.82) is 0 Å². The second-order valence-corrected chi connectivity index (χ2v) is 6.94. The molecular formula is C15H10Cl6O3. The Hall–Kier alpha value is -0.260. The predicted molar refractivity (Wildman–Crippen MR) is 99.4 cm³/mol. The van der Waals surface area contributed by atoms with Crippen LogP contribution in [0.25, 0.3) is 0 Å². The first-order valence-electron chi connectivity index (χ1n) is 6.56. The maximum atomic E-state index is 10.6. The van der Waals surface area contributed by atoms with Crippen molar-refractivity contribution in [3.05, 3.63) is 54.4 Å². The number of hydrogen-bond acceptors (Lipinski definition) is 3. The van der Waals surface area contributed by atoms with Crippen LogP contribution in [0.1, 0.15) is 13.3 Å². The van der Waals surface area contributed by atoms with Gasteiger partial charge in [-0.1, -0.05) is 76.5 Å². The Bertz CT molecular complexity index is 706. The first kappa shape index (κ1) is 20.1. The molecule has 0 aliphatic heterocycles. The molecule has 0 radical (unpaired) electrons. The van der Waals surface area contributed by atoms with Gasteiger partial charge in [0.1, 0.15) is 21.5 Å². The van der Waals surface area contributed by atoms with E-state index >= 15 is 0 Å². The summed E-state index contributed by atoms with van der Waals surface area (Å²) in [5, 5.41) is 11.4. The fraction of sp³-hybridized carbons (Fsp3) is 0.200. The lowest BCUT2D eigenvalue weighted by atomic mass is 10.3. The Balaban J connectivity index is 2.33. The summed E-state index contributed by atoms with van der Waals surface area (Å²) in [4.78, 5) is 0. The summed E-state index contributed by atoms with van der Waals surface area (Å²) in [5.41, 5.74) is 0. The van der Waals surface area contributed by atoms with Crippen molar-refractivity contribution < 1.29 is 14.6 Å². The molecule has 0 amide bonds. The lowest BCUT2D eigenvalue weighted by Gasteiger charge is -2.29. The van der Waals surface area contributed by atoms with Gasteiger partial charge in [-0.15, -0.1) is 0 Å². The SMILES string of the molecule is CCC(O)(Oc1ccc(Cl)c(Cl)c1Cl)Oc1ccc(Cl)c(Cl)c1Cl. The molecule has 2 aromatic carbocycles. The number of aliphatic hydroxyl groups is 1. The number of halogens is 6. The molecule has 24 heavy (non-hydrogen) atoms. The van der Waals surface area contributed by atoms with Crippen molar-refractivity contribution >= 4 is 69.6 Å². The van der Waals surface area contributed by atoms with Gasteiger partial charge in [0.05, 0.1) is 26.5 Å². The zero-order chi connectivity index (χ0) is 18.1. The lowest BCUT2D eigenvalue weighted by Crippen LogP contribution is -2.41. The molecule has 0 saturated carbocycles. The van der Waals surface area contributed by atoms with Gasteiger partial charge < -0.3 is 14.6 Å². The van der Waals surface area contributed by atoms with Gasteiger partial charge in [-0.3, -0.25) is 0 Å². The van der Waals surface area contributed by atoms with Crippen LogP contribution < -0.4 is 9.47 Å². The van der Waals surface area contributed by atoms with E-state index in [2.05, 4.69) is 0 Å². The van der Waals surface area contributed by atoms with Gasteiger partial charge in [0.2, 0.25) is 0 Å². The van der Waals surface area contributed by atoms with Crippen LogP contribution in [0, 0.1) is 0 Å². The van der Waals surface area contributed by atoms with E-state index in [4.69, 9.17) is 79.1 Å². The molecule has 1 N–H and O–H groups in total. The van der Waals surface area contributed by atoms with Crippen LogP contribution in [0.5, 0.6) is 11.5 Å². The molecule has 0 aromatic heterocycles. The molecule has 0 spiro atoms. The van der Waals surface area contributed by atoms with E-state index in [1.165, 1.54) is 24.3 Å². The van der Waals surface area contributed by atoms with E-state index in [0.29, 0.717) is 0 Å². The maximum Gasteiger partial charge on any atom is 0.368 e. The summed E-state index contributed by atoms with van der Waals surface area (Å²) in [6.45, 7) is 1.64. The van der Waals surface area contributed by atoms with Gasteiger partial charge >= 0.3 is 5.97 Å². The topological polar surface area (TPSA) is 38.7 Å². The summed E-state index contributed by atoms with van der Waals surface area (Å²) in [6, 6.07) is 5.87. The minimum Gasteiger partial charge on any atom is -0.428 e. The highest BCUT2D eigenvalue weighted by atomic mass is 35.5. The summed E-state index contributed by atoms with van der Waals surface area (Å²) in [6.07, 6.45) is 0.0418. The highest BCUT2D eigenvalue weighted by Gasteiger charge is 2.32. The Labute approximate surface area is 168 Å². The van der Waals surface area contributed by atoms with Crippen LogP contribution in [-0.4, -0.2) is 11.1 Å². The Morgan fingerprint density at radius 2 is 1.12 bits per heavy atom. The van der Waals surface area contributed by atoms with Gasteiger partial charge in [-0.25, -0.2) is 0 Å². The molecule has 0 aliphatic carbocycles. The molecule has 3 nitrogen and oxygen atoms in total. The van der Waals surface area contributed by atoms with Crippen molar-refractivity contribution in [2.24, 2.45) is 0 Å². The first-order valence-corrected chi connectivity index (χ1v) is 8.82. The molecule has 0 bridgehead atoms. The lowest BCUT2D eigenvalue weighted by molar-refractivity contribution is -0.273. The summed E-state index contributed by atoms with van der Waals surface area (Å²) < 4.78 is 10.9. The van der Waals surface area contributed by atoms with Crippen molar-refractivity contribution in [2.45, 2.75) is 19.3 Å². The van der Waals surface area contributed by atoms with E-state index in [1.54, 1.807) is 6.92 Å². The molecule has 130 valence electrons. The Kier molecular flexibility index (Phi) is 6.65. The smallest absolute Gasteiger partial charge is 0.368 e. The predicted octanol–water partition coefficient (Wildman–Crippen LogP) is 7.12. The molecule has 2 rings (SSSR count). The van der Waals surface area contributed by atoms with Crippen molar-refractivity contribution in [2.75, 3.05) is 0 Å². The monoisotopic (exact) mass is 448 g/mol. The second kappa shape index (κ2) is 7.96. The van der Waals surface area contributed by atoms with Crippen LogP contribution in [0.2, 0.25) is 30.1 Å². The molecule has 0 saturated heterocycles. The second-order valence-electron chi connectivity index (χ2n) is 4.62. The molecule has 2 aromatic rings. The zero-order valence-corrected chi connectivity index (χ0v) is 16.6. The maximum absolute atomic E-state index is 10.6.